The standard InChI is InChI=1S/C16H13N3.C12H10/c1-2-7-13(8-3-1)14-9-6-11-16(18-14)19-15-10-4-5-12-17-15;1-3-7-11(8-4-1)12-9-5-2-6-10-12/h1-12H,(H,17,18,19);1-10H. The second-order valence-corrected chi connectivity index (χ2v) is 6.85. The van der Waals surface area contributed by atoms with Crippen LogP contribution in [-0.2, 0) is 0 Å². The lowest BCUT2D eigenvalue weighted by Crippen LogP contribution is -1.96. The minimum absolute atomic E-state index is 0.792. The van der Waals surface area contributed by atoms with Crippen LogP contribution in [0.3, 0.4) is 0 Å². The fraction of sp³-hybridized carbons (Fsp3) is 0. The molecule has 0 aliphatic rings. The van der Waals surface area contributed by atoms with Gasteiger partial charge in [-0.3, -0.25) is 0 Å². The number of nitrogens with one attached hydrogen (secondary N) is 1. The Morgan fingerprint density at radius 3 is 1.48 bits per heavy atom. The molecular formula is C28H23N3. The molecule has 2 heterocycles. The van der Waals surface area contributed by atoms with Gasteiger partial charge in [0.2, 0.25) is 0 Å². The summed E-state index contributed by atoms with van der Waals surface area (Å²) in [6.45, 7) is 0. The lowest BCUT2D eigenvalue weighted by Gasteiger charge is -2.06. The van der Waals surface area contributed by atoms with Crippen molar-refractivity contribution in [3.63, 3.8) is 0 Å². The first-order valence-corrected chi connectivity index (χ1v) is 10.2. The zero-order valence-corrected chi connectivity index (χ0v) is 17.1. The van der Waals surface area contributed by atoms with Gasteiger partial charge >= 0.3 is 0 Å². The maximum Gasteiger partial charge on any atom is 0.132 e. The van der Waals surface area contributed by atoms with Crippen LogP contribution in [0.15, 0.2) is 134 Å². The maximum absolute atomic E-state index is 4.59. The molecule has 5 rings (SSSR count). The fourth-order valence-electron chi connectivity index (χ4n) is 3.10. The number of hydrogen-bond acceptors (Lipinski definition) is 3. The van der Waals surface area contributed by atoms with Gasteiger partial charge in [-0.15, -0.1) is 0 Å². The highest BCUT2D eigenvalue weighted by molar-refractivity contribution is 5.63. The zero-order chi connectivity index (χ0) is 21.1. The van der Waals surface area contributed by atoms with E-state index in [9.17, 15) is 0 Å². The molecule has 0 aliphatic carbocycles. The lowest BCUT2D eigenvalue weighted by atomic mass is 10.1. The summed E-state index contributed by atoms with van der Waals surface area (Å²) in [6, 6.07) is 42.6. The quantitative estimate of drug-likeness (QED) is 0.345. The monoisotopic (exact) mass is 401 g/mol. The summed E-state index contributed by atoms with van der Waals surface area (Å²) in [4.78, 5) is 8.81. The molecule has 31 heavy (non-hydrogen) atoms. The molecule has 5 aromatic rings. The predicted molar refractivity (Wildman–Crippen MR) is 129 cm³/mol. The molecule has 0 amide bonds. The summed E-state index contributed by atoms with van der Waals surface area (Å²) in [5.74, 6) is 1.58. The molecule has 0 saturated heterocycles. The van der Waals surface area contributed by atoms with Crippen LogP contribution in [-0.4, -0.2) is 9.97 Å². The Kier molecular flexibility index (Phi) is 6.80. The van der Waals surface area contributed by atoms with E-state index in [1.807, 2.05) is 78.9 Å². The van der Waals surface area contributed by atoms with Crippen LogP contribution < -0.4 is 5.32 Å². The van der Waals surface area contributed by atoms with Crippen LogP contribution >= 0.6 is 0 Å². The van der Waals surface area contributed by atoms with Crippen molar-refractivity contribution in [1.29, 1.82) is 0 Å². The van der Waals surface area contributed by atoms with E-state index < -0.39 is 0 Å². The highest BCUT2D eigenvalue weighted by atomic mass is 15.0. The smallest absolute Gasteiger partial charge is 0.132 e. The van der Waals surface area contributed by atoms with Gasteiger partial charge in [0.25, 0.3) is 0 Å². The summed E-state index contributed by atoms with van der Waals surface area (Å²) in [5, 5.41) is 3.19. The average molecular weight is 402 g/mol. The Morgan fingerprint density at radius 1 is 0.419 bits per heavy atom. The van der Waals surface area contributed by atoms with Gasteiger partial charge in [0, 0.05) is 11.8 Å². The van der Waals surface area contributed by atoms with Gasteiger partial charge in [-0.25, -0.2) is 9.97 Å². The van der Waals surface area contributed by atoms with Crippen LogP contribution in [0.5, 0.6) is 0 Å². The topological polar surface area (TPSA) is 37.8 Å². The van der Waals surface area contributed by atoms with Crippen LogP contribution in [0.4, 0.5) is 11.6 Å². The van der Waals surface area contributed by atoms with Gasteiger partial charge in [-0.2, -0.15) is 0 Å². The summed E-state index contributed by atoms with van der Waals surface area (Å²) in [6.07, 6.45) is 1.75. The van der Waals surface area contributed by atoms with Crippen LogP contribution in [0.1, 0.15) is 0 Å². The SMILES string of the molecule is c1ccc(-c2cccc(Nc3ccccn3)n2)cc1.c1ccc(-c2ccccc2)cc1. The molecule has 3 heteroatoms. The molecule has 0 bridgehead atoms. The Bertz CT molecular complexity index is 1140. The van der Waals surface area contributed by atoms with E-state index in [1.54, 1.807) is 6.20 Å². The molecule has 0 spiro atoms. The van der Waals surface area contributed by atoms with Crippen molar-refractivity contribution in [3.05, 3.63) is 134 Å². The number of hydrogen-bond donors (Lipinski definition) is 1. The summed E-state index contributed by atoms with van der Waals surface area (Å²) < 4.78 is 0. The van der Waals surface area contributed by atoms with Crippen LogP contribution in [0.25, 0.3) is 22.4 Å². The van der Waals surface area contributed by atoms with Gasteiger partial charge in [0.05, 0.1) is 5.69 Å². The van der Waals surface area contributed by atoms with Gasteiger partial charge in [-0.1, -0.05) is 103 Å². The minimum Gasteiger partial charge on any atom is -0.325 e. The summed E-state index contributed by atoms with van der Waals surface area (Å²) in [5.41, 5.74) is 4.60. The number of aromatic nitrogens is 2. The molecule has 0 radical (unpaired) electrons. The Hall–Kier alpha value is -4.24. The van der Waals surface area contributed by atoms with Crippen molar-refractivity contribution < 1.29 is 0 Å². The Morgan fingerprint density at radius 2 is 0.935 bits per heavy atom. The Labute approximate surface area is 183 Å². The first-order chi connectivity index (χ1) is 15.4. The summed E-state index contributed by atoms with van der Waals surface area (Å²) in [7, 11) is 0. The third-order valence-corrected chi connectivity index (χ3v) is 4.62. The lowest BCUT2D eigenvalue weighted by molar-refractivity contribution is 1.25. The molecule has 0 unspecified atom stereocenters. The second kappa shape index (κ2) is 10.5. The van der Waals surface area contributed by atoms with Gasteiger partial charge < -0.3 is 5.32 Å². The van der Waals surface area contributed by atoms with Crippen LogP contribution in [0.2, 0.25) is 0 Å². The molecule has 3 aromatic carbocycles. The number of anilines is 2. The van der Waals surface area contributed by atoms with E-state index in [-0.39, 0.29) is 0 Å². The molecule has 0 aliphatic heterocycles. The van der Waals surface area contributed by atoms with Gasteiger partial charge in [0.1, 0.15) is 11.6 Å². The Balaban J connectivity index is 0.000000166. The van der Waals surface area contributed by atoms with Gasteiger partial charge in [0.15, 0.2) is 0 Å². The highest BCUT2D eigenvalue weighted by Gasteiger charge is 2.01. The van der Waals surface area contributed by atoms with Crippen molar-refractivity contribution in [3.8, 4) is 22.4 Å². The molecule has 1 N–H and O–H groups in total. The van der Waals surface area contributed by atoms with Crippen molar-refractivity contribution >= 4 is 11.6 Å². The van der Waals surface area contributed by atoms with E-state index in [0.29, 0.717) is 0 Å². The zero-order valence-electron chi connectivity index (χ0n) is 17.1. The fourth-order valence-corrected chi connectivity index (χ4v) is 3.10. The summed E-state index contributed by atoms with van der Waals surface area (Å²) >= 11 is 0. The highest BCUT2D eigenvalue weighted by Crippen LogP contribution is 2.20. The third kappa shape index (κ3) is 5.87. The van der Waals surface area contributed by atoms with E-state index in [1.165, 1.54) is 11.1 Å². The first-order valence-electron chi connectivity index (χ1n) is 10.2. The number of rotatable bonds is 4. The molecule has 150 valence electrons. The predicted octanol–water partition coefficient (Wildman–Crippen LogP) is 7.24. The van der Waals surface area contributed by atoms with Crippen molar-refractivity contribution in [2.24, 2.45) is 0 Å². The molecule has 0 atom stereocenters. The average Bonchev–Trinajstić information content (AvgIpc) is 2.87. The molecule has 0 fully saturated rings. The minimum atomic E-state index is 0.792. The molecule has 0 saturated carbocycles. The van der Waals surface area contributed by atoms with E-state index in [2.05, 4.69) is 63.8 Å². The van der Waals surface area contributed by atoms with Crippen molar-refractivity contribution in [2.75, 3.05) is 5.32 Å². The number of nitrogens with zero attached hydrogens (tertiary/aromatic N) is 2. The largest absolute Gasteiger partial charge is 0.325 e. The van der Waals surface area contributed by atoms with Crippen molar-refractivity contribution in [1.82, 2.24) is 9.97 Å². The molecular weight excluding hydrogens is 378 g/mol. The second-order valence-electron chi connectivity index (χ2n) is 6.85. The van der Waals surface area contributed by atoms with E-state index >= 15 is 0 Å². The van der Waals surface area contributed by atoms with E-state index in [4.69, 9.17) is 0 Å². The number of benzene rings is 3. The number of pyridine rings is 2. The maximum atomic E-state index is 4.59. The van der Waals surface area contributed by atoms with Crippen molar-refractivity contribution in [2.45, 2.75) is 0 Å². The van der Waals surface area contributed by atoms with Gasteiger partial charge in [-0.05, 0) is 35.4 Å². The third-order valence-electron chi connectivity index (χ3n) is 4.62. The first kappa shape index (κ1) is 20.0. The molecule has 2 aromatic heterocycles. The normalized spacial score (nSPS) is 9.94. The van der Waals surface area contributed by atoms with E-state index in [0.717, 1.165) is 22.9 Å². The molecule has 3 nitrogen and oxygen atoms in total. The van der Waals surface area contributed by atoms with Crippen LogP contribution in [0, 0.1) is 0 Å².